The first kappa shape index (κ1) is 22.3. The Balaban J connectivity index is 0.000000266. The molecule has 0 unspecified atom stereocenters. The third-order valence-electron chi connectivity index (χ3n) is 4.07. The average molecular weight is 457 g/mol. The van der Waals surface area contributed by atoms with E-state index in [2.05, 4.69) is 107 Å². The molecule has 0 saturated heterocycles. The number of carboxylic acid groups (broad SMARTS) is 1. The normalized spacial score (nSPS) is 10.2. The van der Waals surface area contributed by atoms with Crippen LogP contribution in [0.4, 0.5) is 0 Å². The lowest BCUT2D eigenvalue weighted by molar-refractivity contribution is -0.137. The van der Waals surface area contributed by atoms with Crippen molar-refractivity contribution in [3.05, 3.63) is 91.0 Å². The van der Waals surface area contributed by atoms with E-state index in [0.717, 1.165) is 24.6 Å². The fourth-order valence-electron chi connectivity index (χ4n) is 2.73. The number of benzene rings is 3. The quantitative estimate of drug-likeness (QED) is 0.277. The van der Waals surface area contributed by atoms with Gasteiger partial charge in [0.25, 0.3) is 0 Å². The van der Waals surface area contributed by atoms with Crippen molar-refractivity contribution in [1.29, 1.82) is 0 Å². The van der Waals surface area contributed by atoms with E-state index in [1.807, 2.05) is 0 Å². The molecule has 3 aromatic carbocycles. The van der Waals surface area contributed by atoms with Crippen LogP contribution in [-0.2, 0) is 4.79 Å². The van der Waals surface area contributed by atoms with Gasteiger partial charge in [-0.2, -0.15) is 0 Å². The predicted octanol–water partition coefficient (Wildman–Crippen LogP) is 5.47. The first-order chi connectivity index (χ1) is 13.7. The Bertz CT molecular complexity index is 701. The zero-order valence-electron chi connectivity index (χ0n) is 15.9. The van der Waals surface area contributed by atoms with E-state index in [1.54, 1.807) is 0 Å². The highest BCUT2D eigenvalue weighted by molar-refractivity contribution is 9.09. The van der Waals surface area contributed by atoms with Gasteiger partial charge in [0.15, 0.2) is 0 Å². The first-order valence-electron chi connectivity index (χ1n) is 9.45. The lowest BCUT2D eigenvalue weighted by atomic mass is 10.2. The molecule has 0 aliphatic rings. The Labute approximate surface area is 177 Å². The second-order valence-corrected chi connectivity index (χ2v) is 9.25. The van der Waals surface area contributed by atoms with Crippen LogP contribution in [0.2, 0.25) is 0 Å². The minimum Gasteiger partial charge on any atom is -0.481 e. The molecule has 0 aliphatic heterocycles. The van der Waals surface area contributed by atoms with Crippen molar-refractivity contribution in [2.24, 2.45) is 0 Å². The van der Waals surface area contributed by atoms with Gasteiger partial charge < -0.3 is 5.11 Å². The van der Waals surface area contributed by atoms with Crippen molar-refractivity contribution in [2.45, 2.75) is 25.7 Å². The molecule has 0 saturated carbocycles. The SMILES string of the molecule is O=C(O)CCCCCBr.c1ccc(P(c2ccccc2)c2ccccc2)cc1. The number of carbonyl (C=O) groups is 1. The minimum absolute atomic E-state index is 0.312. The van der Waals surface area contributed by atoms with E-state index in [4.69, 9.17) is 5.11 Å². The minimum atomic E-state index is -0.690. The summed E-state index contributed by atoms with van der Waals surface area (Å²) in [6.45, 7) is 0. The number of hydrogen-bond donors (Lipinski definition) is 1. The molecule has 146 valence electrons. The Morgan fingerprint density at radius 1 is 0.679 bits per heavy atom. The van der Waals surface area contributed by atoms with E-state index in [9.17, 15) is 4.79 Å². The molecule has 28 heavy (non-hydrogen) atoms. The summed E-state index contributed by atoms with van der Waals surface area (Å²) in [5, 5.41) is 13.4. The van der Waals surface area contributed by atoms with Crippen LogP contribution in [0, 0.1) is 0 Å². The van der Waals surface area contributed by atoms with Crippen molar-refractivity contribution in [1.82, 2.24) is 0 Å². The predicted molar refractivity (Wildman–Crippen MR) is 125 cm³/mol. The molecule has 0 spiro atoms. The third kappa shape index (κ3) is 7.96. The zero-order valence-corrected chi connectivity index (χ0v) is 18.4. The number of unbranched alkanes of at least 4 members (excludes halogenated alkanes) is 2. The van der Waals surface area contributed by atoms with E-state index >= 15 is 0 Å². The molecule has 3 aromatic rings. The van der Waals surface area contributed by atoms with Crippen LogP contribution in [0.25, 0.3) is 0 Å². The maximum absolute atomic E-state index is 9.95. The highest BCUT2D eigenvalue weighted by Crippen LogP contribution is 2.32. The van der Waals surface area contributed by atoms with Crippen LogP contribution in [-0.4, -0.2) is 16.4 Å². The molecule has 3 rings (SSSR count). The van der Waals surface area contributed by atoms with Gasteiger partial charge >= 0.3 is 5.97 Å². The summed E-state index contributed by atoms with van der Waals surface area (Å²) in [4.78, 5) is 9.95. The Kier molecular flexibility index (Phi) is 10.6. The molecule has 1 N–H and O–H groups in total. The molecule has 0 heterocycles. The number of alkyl halides is 1. The van der Waals surface area contributed by atoms with Crippen LogP contribution < -0.4 is 15.9 Å². The topological polar surface area (TPSA) is 37.3 Å². The Morgan fingerprint density at radius 2 is 1.07 bits per heavy atom. The highest BCUT2D eigenvalue weighted by atomic mass is 79.9. The summed E-state index contributed by atoms with van der Waals surface area (Å²) in [5.74, 6) is -0.690. The van der Waals surface area contributed by atoms with Gasteiger partial charge in [-0.25, -0.2) is 0 Å². The van der Waals surface area contributed by atoms with Gasteiger partial charge in [0.2, 0.25) is 0 Å². The summed E-state index contributed by atoms with van der Waals surface area (Å²) < 4.78 is 0. The van der Waals surface area contributed by atoms with Gasteiger partial charge in [0.05, 0.1) is 0 Å². The molecule has 0 aromatic heterocycles. The van der Waals surface area contributed by atoms with Crippen molar-refractivity contribution < 1.29 is 9.90 Å². The van der Waals surface area contributed by atoms with Crippen LogP contribution in [0.15, 0.2) is 91.0 Å². The summed E-state index contributed by atoms with van der Waals surface area (Å²) in [5.41, 5.74) is 0. The van der Waals surface area contributed by atoms with Gasteiger partial charge in [-0.1, -0.05) is 113 Å². The van der Waals surface area contributed by atoms with Crippen molar-refractivity contribution in [2.75, 3.05) is 5.33 Å². The molecule has 0 aliphatic carbocycles. The van der Waals surface area contributed by atoms with Crippen LogP contribution in [0.5, 0.6) is 0 Å². The fourth-order valence-corrected chi connectivity index (χ4v) is 5.43. The summed E-state index contributed by atoms with van der Waals surface area (Å²) in [6.07, 6.45) is 3.21. The van der Waals surface area contributed by atoms with Crippen molar-refractivity contribution in [3.8, 4) is 0 Å². The molecule has 0 atom stereocenters. The van der Waals surface area contributed by atoms with Crippen LogP contribution in [0.3, 0.4) is 0 Å². The number of halogens is 1. The molecule has 4 heteroatoms. The smallest absolute Gasteiger partial charge is 0.303 e. The Morgan fingerprint density at radius 3 is 1.39 bits per heavy atom. The van der Waals surface area contributed by atoms with E-state index in [0.29, 0.717) is 6.42 Å². The summed E-state index contributed by atoms with van der Waals surface area (Å²) >= 11 is 3.27. The maximum atomic E-state index is 9.95. The molecule has 2 nitrogen and oxygen atoms in total. The molecular formula is C24H26BrO2P. The Hall–Kier alpha value is -1.96. The van der Waals surface area contributed by atoms with Crippen LogP contribution >= 0.6 is 23.9 Å². The second-order valence-electron chi connectivity index (χ2n) is 6.24. The average Bonchev–Trinajstić information content (AvgIpc) is 2.74. The van der Waals surface area contributed by atoms with Crippen molar-refractivity contribution in [3.63, 3.8) is 0 Å². The van der Waals surface area contributed by atoms with E-state index in [1.165, 1.54) is 15.9 Å². The monoisotopic (exact) mass is 456 g/mol. The largest absolute Gasteiger partial charge is 0.481 e. The summed E-state index contributed by atoms with van der Waals surface area (Å²) in [7, 11) is -0.446. The number of hydrogen-bond acceptors (Lipinski definition) is 1. The fraction of sp³-hybridized carbons (Fsp3) is 0.208. The zero-order chi connectivity index (χ0) is 20.0. The number of aliphatic carboxylic acids is 1. The first-order valence-corrected chi connectivity index (χ1v) is 11.9. The van der Waals surface area contributed by atoms with Gasteiger partial charge in [0.1, 0.15) is 0 Å². The summed E-state index contributed by atoms with van der Waals surface area (Å²) in [6, 6.07) is 32.3. The van der Waals surface area contributed by atoms with Crippen molar-refractivity contribution >= 4 is 45.7 Å². The standard InChI is InChI=1S/C18H15P.C6H11BrO2/c1-4-10-16(11-5-1)19(17-12-6-2-7-13-17)18-14-8-3-9-15-18;7-5-3-1-2-4-6(8)9/h1-15H;1-5H2,(H,8,9). The van der Waals surface area contributed by atoms with Gasteiger partial charge in [-0.15, -0.1) is 0 Å². The molecule has 0 bridgehead atoms. The van der Waals surface area contributed by atoms with Crippen LogP contribution in [0.1, 0.15) is 25.7 Å². The van der Waals surface area contributed by atoms with Gasteiger partial charge in [-0.05, 0) is 36.7 Å². The third-order valence-corrected chi connectivity index (χ3v) is 7.07. The maximum Gasteiger partial charge on any atom is 0.303 e. The highest BCUT2D eigenvalue weighted by Gasteiger charge is 2.14. The lowest BCUT2D eigenvalue weighted by Gasteiger charge is -2.18. The molecule has 0 amide bonds. The molecular weight excluding hydrogens is 431 g/mol. The second kappa shape index (κ2) is 13.3. The number of carboxylic acids is 1. The van der Waals surface area contributed by atoms with Gasteiger partial charge in [-0.3, -0.25) is 4.79 Å². The van der Waals surface area contributed by atoms with E-state index in [-0.39, 0.29) is 0 Å². The molecule has 0 fully saturated rings. The lowest BCUT2D eigenvalue weighted by Crippen LogP contribution is -2.20. The number of rotatable bonds is 8. The molecule has 0 radical (unpaired) electrons. The van der Waals surface area contributed by atoms with Gasteiger partial charge in [0, 0.05) is 11.8 Å². The van der Waals surface area contributed by atoms with E-state index < -0.39 is 13.9 Å².